The molecule has 0 amide bonds. The quantitative estimate of drug-likeness (QED) is 0.716. The first-order valence-corrected chi connectivity index (χ1v) is 5.33. The molecule has 0 atom stereocenters. The second-order valence-electron chi connectivity index (χ2n) is 4.53. The first-order chi connectivity index (χ1) is 7.35. The van der Waals surface area contributed by atoms with E-state index in [1.54, 1.807) is 0 Å². The third-order valence-corrected chi connectivity index (χ3v) is 2.57. The van der Waals surface area contributed by atoms with Crippen molar-refractivity contribution in [2.75, 3.05) is 24.2 Å². The minimum Gasteiger partial charge on any atom is -0.397 e. The number of aliphatic hydroxyl groups excluding tert-OH is 1. The van der Waals surface area contributed by atoms with Crippen molar-refractivity contribution in [3.05, 3.63) is 23.0 Å². The highest BCUT2D eigenvalue weighted by atomic mass is 35.5. The maximum atomic E-state index is 13.2. The number of halogens is 2. The second-order valence-corrected chi connectivity index (χ2v) is 4.94. The summed E-state index contributed by atoms with van der Waals surface area (Å²) in [6, 6.07) is 2.62. The molecule has 0 aliphatic rings. The molecule has 16 heavy (non-hydrogen) atoms. The number of hydrogen-bond donors (Lipinski definition) is 3. The number of rotatable bonds is 4. The van der Waals surface area contributed by atoms with Gasteiger partial charge in [-0.05, 0) is 6.07 Å². The molecule has 1 aromatic carbocycles. The SMILES string of the molecule is CC(C)(CO)CNc1cc(F)c(Cl)cc1N. The zero-order valence-corrected chi connectivity index (χ0v) is 10.1. The second kappa shape index (κ2) is 4.89. The summed E-state index contributed by atoms with van der Waals surface area (Å²) >= 11 is 5.58. The molecule has 0 unspecified atom stereocenters. The van der Waals surface area contributed by atoms with Crippen molar-refractivity contribution in [3.63, 3.8) is 0 Å². The van der Waals surface area contributed by atoms with Gasteiger partial charge in [0.2, 0.25) is 0 Å². The average Bonchev–Trinajstić information content (AvgIpc) is 2.22. The molecule has 90 valence electrons. The summed E-state index contributed by atoms with van der Waals surface area (Å²) in [6.45, 7) is 4.32. The van der Waals surface area contributed by atoms with Gasteiger partial charge < -0.3 is 16.2 Å². The minimum atomic E-state index is -0.514. The van der Waals surface area contributed by atoms with Crippen LogP contribution >= 0.6 is 11.6 Å². The van der Waals surface area contributed by atoms with Crippen molar-refractivity contribution in [2.45, 2.75) is 13.8 Å². The van der Waals surface area contributed by atoms with Crippen LogP contribution in [0.1, 0.15) is 13.8 Å². The Morgan fingerprint density at radius 3 is 2.69 bits per heavy atom. The van der Waals surface area contributed by atoms with E-state index in [0.29, 0.717) is 17.9 Å². The molecule has 0 bridgehead atoms. The fourth-order valence-corrected chi connectivity index (χ4v) is 1.28. The van der Waals surface area contributed by atoms with Gasteiger partial charge in [-0.3, -0.25) is 0 Å². The van der Waals surface area contributed by atoms with Crippen LogP contribution in [0.15, 0.2) is 12.1 Å². The van der Waals surface area contributed by atoms with E-state index >= 15 is 0 Å². The van der Waals surface area contributed by atoms with Gasteiger partial charge in [0.25, 0.3) is 0 Å². The lowest BCUT2D eigenvalue weighted by Crippen LogP contribution is -2.27. The Balaban J connectivity index is 2.79. The molecule has 0 aliphatic carbocycles. The van der Waals surface area contributed by atoms with E-state index in [9.17, 15) is 4.39 Å². The van der Waals surface area contributed by atoms with Crippen molar-refractivity contribution in [1.82, 2.24) is 0 Å². The van der Waals surface area contributed by atoms with Gasteiger partial charge in [0.05, 0.1) is 16.4 Å². The number of aliphatic hydroxyl groups is 1. The molecule has 1 rings (SSSR count). The number of nitrogens with one attached hydrogen (secondary N) is 1. The number of nitrogen functional groups attached to an aromatic ring is 1. The summed E-state index contributed by atoms with van der Waals surface area (Å²) in [4.78, 5) is 0. The summed E-state index contributed by atoms with van der Waals surface area (Å²) in [6.07, 6.45) is 0. The molecular formula is C11H16ClFN2O. The van der Waals surface area contributed by atoms with Crippen molar-refractivity contribution in [2.24, 2.45) is 5.41 Å². The van der Waals surface area contributed by atoms with Crippen molar-refractivity contribution in [1.29, 1.82) is 0 Å². The highest BCUT2D eigenvalue weighted by molar-refractivity contribution is 6.31. The largest absolute Gasteiger partial charge is 0.397 e. The van der Waals surface area contributed by atoms with E-state index in [1.165, 1.54) is 12.1 Å². The molecule has 0 spiro atoms. The van der Waals surface area contributed by atoms with Gasteiger partial charge >= 0.3 is 0 Å². The molecular weight excluding hydrogens is 231 g/mol. The summed E-state index contributed by atoms with van der Waals surface area (Å²) in [5.41, 5.74) is 6.27. The summed E-state index contributed by atoms with van der Waals surface area (Å²) in [5, 5.41) is 12.1. The molecule has 5 heteroatoms. The zero-order chi connectivity index (χ0) is 12.3. The highest BCUT2D eigenvalue weighted by Crippen LogP contribution is 2.27. The predicted octanol–water partition coefficient (Wildman–Crippen LogP) is 2.49. The first-order valence-electron chi connectivity index (χ1n) is 4.95. The van der Waals surface area contributed by atoms with Gasteiger partial charge in [-0.25, -0.2) is 4.39 Å². The van der Waals surface area contributed by atoms with Gasteiger partial charge in [0.1, 0.15) is 5.82 Å². The number of nitrogens with two attached hydrogens (primary N) is 1. The molecule has 0 saturated heterocycles. The maximum absolute atomic E-state index is 13.2. The Morgan fingerprint density at radius 1 is 1.50 bits per heavy atom. The molecule has 4 N–H and O–H groups in total. The van der Waals surface area contributed by atoms with Gasteiger partial charge in [-0.1, -0.05) is 25.4 Å². The van der Waals surface area contributed by atoms with Crippen LogP contribution in [0.2, 0.25) is 5.02 Å². The molecule has 0 aliphatic heterocycles. The fourth-order valence-electron chi connectivity index (χ4n) is 1.11. The van der Waals surface area contributed by atoms with E-state index in [1.807, 2.05) is 13.8 Å². The van der Waals surface area contributed by atoms with Crippen LogP contribution in [0, 0.1) is 11.2 Å². The van der Waals surface area contributed by atoms with Crippen LogP contribution < -0.4 is 11.1 Å². The molecule has 3 nitrogen and oxygen atoms in total. The zero-order valence-electron chi connectivity index (χ0n) is 9.35. The third-order valence-electron chi connectivity index (χ3n) is 2.28. The molecule has 1 aromatic rings. The van der Waals surface area contributed by atoms with Crippen LogP contribution in [0.25, 0.3) is 0 Å². The van der Waals surface area contributed by atoms with Gasteiger partial charge in [0, 0.05) is 24.6 Å². The number of anilines is 2. The van der Waals surface area contributed by atoms with Crippen LogP contribution in [0.3, 0.4) is 0 Å². The van der Waals surface area contributed by atoms with Gasteiger partial charge in [0.15, 0.2) is 0 Å². The number of benzene rings is 1. The first kappa shape index (κ1) is 13.1. The van der Waals surface area contributed by atoms with E-state index in [4.69, 9.17) is 22.4 Å². The Morgan fingerprint density at radius 2 is 2.12 bits per heavy atom. The molecule has 0 fully saturated rings. The maximum Gasteiger partial charge on any atom is 0.143 e. The lowest BCUT2D eigenvalue weighted by Gasteiger charge is -2.23. The lowest BCUT2D eigenvalue weighted by molar-refractivity contribution is 0.171. The smallest absolute Gasteiger partial charge is 0.143 e. The Bertz CT molecular complexity index is 382. The standard InChI is InChI=1S/C11H16ClFN2O/c1-11(2,6-16)5-15-10-4-8(13)7(12)3-9(10)14/h3-4,15-16H,5-6,14H2,1-2H3. The van der Waals surface area contributed by atoms with Crippen LogP contribution in [0.4, 0.5) is 15.8 Å². The average molecular weight is 247 g/mol. The molecule has 0 aromatic heterocycles. The summed E-state index contributed by atoms with van der Waals surface area (Å²) in [7, 11) is 0. The van der Waals surface area contributed by atoms with Crippen LogP contribution in [0.5, 0.6) is 0 Å². The Kier molecular flexibility index (Phi) is 3.99. The highest BCUT2D eigenvalue weighted by Gasteiger charge is 2.16. The van der Waals surface area contributed by atoms with Crippen LogP contribution in [-0.2, 0) is 0 Å². The lowest BCUT2D eigenvalue weighted by atomic mass is 9.95. The normalized spacial score (nSPS) is 11.6. The Labute approximate surface area is 99.4 Å². The summed E-state index contributed by atoms with van der Waals surface area (Å²) in [5.74, 6) is -0.514. The van der Waals surface area contributed by atoms with E-state index in [0.717, 1.165) is 0 Å². The minimum absolute atomic E-state index is 0.00414. The number of hydrogen-bond acceptors (Lipinski definition) is 3. The summed E-state index contributed by atoms with van der Waals surface area (Å²) < 4.78 is 13.2. The van der Waals surface area contributed by atoms with Gasteiger partial charge in [-0.2, -0.15) is 0 Å². The third kappa shape index (κ3) is 3.25. The van der Waals surface area contributed by atoms with E-state index in [-0.39, 0.29) is 17.0 Å². The Hall–Kier alpha value is -1.00. The topological polar surface area (TPSA) is 58.3 Å². The monoisotopic (exact) mass is 246 g/mol. The van der Waals surface area contributed by atoms with Crippen molar-refractivity contribution in [3.8, 4) is 0 Å². The van der Waals surface area contributed by atoms with Crippen molar-refractivity contribution >= 4 is 23.0 Å². The van der Waals surface area contributed by atoms with E-state index in [2.05, 4.69) is 5.32 Å². The van der Waals surface area contributed by atoms with Gasteiger partial charge in [-0.15, -0.1) is 0 Å². The van der Waals surface area contributed by atoms with Crippen molar-refractivity contribution < 1.29 is 9.50 Å². The molecule has 0 heterocycles. The molecule has 0 saturated carbocycles. The fraction of sp³-hybridized carbons (Fsp3) is 0.455. The van der Waals surface area contributed by atoms with E-state index < -0.39 is 5.82 Å². The molecule has 0 radical (unpaired) electrons. The van der Waals surface area contributed by atoms with Crippen LogP contribution in [-0.4, -0.2) is 18.3 Å². The predicted molar refractivity (Wildman–Crippen MR) is 65.2 cm³/mol.